The summed E-state index contributed by atoms with van der Waals surface area (Å²) in [7, 11) is 4.63. The van der Waals surface area contributed by atoms with Crippen LogP contribution < -0.4 is 9.47 Å². The normalized spacial score (nSPS) is 10.0. The molecule has 2 aromatic rings. The Bertz CT molecular complexity index is 730. The van der Waals surface area contributed by atoms with Crippen LogP contribution in [0.2, 0.25) is 0 Å². The average Bonchev–Trinajstić information content (AvgIpc) is 2.65. The highest BCUT2D eigenvalue weighted by Crippen LogP contribution is 2.25. The van der Waals surface area contributed by atoms with E-state index >= 15 is 0 Å². The van der Waals surface area contributed by atoms with Gasteiger partial charge >= 0.3 is 5.97 Å². The smallest absolute Gasteiger partial charge is 0.342 e. The number of hydrogen-bond acceptors (Lipinski definition) is 5. The molecule has 132 valence electrons. The van der Waals surface area contributed by atoms with E-state index in [1.165, 1.54) is 25.2 Å². The SMILES string of the molecule is COc1ccc(C(=O)OCC(=O)N(C)Cc2ccccc2)c(OC)c1. The molecule has 0 aromatic heterocycles. The maximum absolute atomic E-state index is 12.2. The highest BCUT2D eigenvalue weighted by molar-refractivity contribution is 5.94. The topological polar surface area (TPSA) is 65.1 Å². The van der Waals surface area contributed by atoms with E-state index in [9.17, 15) is 9.59 Å². The molecule has 0 heterocycles. The first-order chi connectivity index (χ1) is 12.0. The van der Waals surface area contributed by atoms with Crippen LogP contribution in [0, 0.1) is 0 Å². The zero-order valence-corrected chi connectivity index (χ0v) is 14.5. The van der Waals surface area contributed by atoms with Crippen molar-refractivity contribution < 1.29 is 23.8 Å². The molecule has 0 unspecified atom stereocenters. The lowest BCUT2D eigenvalue weighted by Crippen LogP contribution is -2.30. The Kier molecular flexibility index (Phi) is 6.39. The fourth-order valence-corrected chi connectivity index (χ4v) is 2.23. The number of ether oxygens (including phenoxy) is 3. The van der Waals surface area contributed by atoms with Gasteiger partial charge in [0.2, 0.25) is 0 Å². The van der Waals surface area contributed by atoms with Crippen LogP contribution in [0.1, 0.15) is 15.9 Å². The number of carbonyl (C=O) groups excluding carboxylic acids is 2. The van der Waals surface area contributed by atoms with Gasteiger partial charge in [0.05, 0.1) is 14.2 Å². The fourth-order valence-electron chi connectivity index (χ4n) is 2.23. The van der Waals surface area contributed by atoms with Crippen molar-refractivity contribution in [2.45, 2.75) is 6.54 Å². The molecule has 0 aliphatic rings. The molecule has 0 aliphatic carbocycles. The largest absolute Gasteiger partial charge is 0.497 e. The number of hydrogen-bond donors (Lipinski definition) is 0. The van der Waals surface area contributed by atoms with Crippen molar-refractivity contribution in [3.8, 4) is 11.5 Å². The van der Waals surface area contributed by atoms with Crippen LogP contribution in [-0.2, 0) is 16.1 Å². The molecule has 2 aromatic carbocycles. The number of benzene rings is 2. The van der Waals surface area contributed by atoms with Crippen molar-refractivity contribution in [3.63, 3.8) is 0 Å². The molecular formula is C19H21NO5. The van der Waals surface area contributed by atoms with E-state index in [1.54, 1.807) is 19.2 Å². The summed E-state index contributed by atoms with van der Waals surface area (Å²) in [4.78, 5) is 25.8. The predicted octanol–water partition coefficient (Wildman–Crippen LogP) is 2.52. The van der Waals surface area contributed by atoms with E-state index in [-0.39, 0.29) is 18.1 Å². The second kappa shape index (κ2) is 8.73. The first kappa shape index (κ1) is 18.3. The third kappa shape index (κ3) is 4.97. The molecule has 0 bridgehead atoms. The summed E-state index contributed by atoms with van der Waals surface area (Å²) in [6.07, 6.45) is 0. The molecule has 6 heteroatoms. The maximum atomic E-state index is 12.2. The Labute approximate surface area is 146 Å². The van der Waals surface area contributed by atoms with Crippen LogP contribution in [0.5, 0.6) is 11.5 Å². The van der Waals surface area contributed by atoms with Crippen LogP contribution in [-0.4, -0.2) is 44.7 Å². The molecular weight excluding hydrogens is 322 g/mol. The molecule has 0 atom stereocenters. The Morgan fingerprint density at radius 3 is 2.36 bits per heavy atom. The summed E-state index contributed by atoms with van der Waals surface area (Å²) in [5.74, 6) is -0.0212. The van der Waals surface area contributed by atoms with E-state index in [0.717, 1.165) is 5.56 Å². The molecule has 1 amide bonds. The molecule has 0 spiro atoms. The Morgan fingerprint density at radius 1 is 1.00 bits per heavy atom. The van der Waals surface area contributed by atoms with Crippen molar-refractivity contribution in [3.05, 3.63) is 59.7 Å². The van der Waals surface area contributed by atoms with E-state index in [2.05, 4.69) is 0 Å². The van der Waals surface area contributed by atoms with E-state index in [0.29, 0.717) is 18.0 Å². The zero-order valence-electron chi connectivity index (χ0n) is 14.5. The van der Waals surface area contributed by atoms with E-state index < -0.39 is 5.97 Å². The standard InChI is InChI=1S/C19H21NO5/c1-20(12-14-7-5-4-6-8-14)18(21)13-25-19(22)16-10-9-15(23-2)11-17(16)24-3/h4-11H,12-13H2,1-3H3. The lowest BCUT2D eigenvalue weighted by atomic mass is 10.2. The Balaban J connectivity index is 1.94. The van der Waals surface area contributed by atoms with Crippen molar-refractivity contribution in [2.24, 2.45) is 0 Å². The molecule has 0 N–H and O–H groups in total. The van der Waals surface area contributed by atoms with Crippen molar-refractivity contribution in [1.29, 1.82) is 0 Å². The summed E-state index contributed by atoms with van der Waals surface area (Å²) in [5, 5.41) is 0. The first-order valence-corrected chi connectivity index (χ1v) is 7.72. The number of methoxy groups -OCH3 is 2. The van der Waals surface area contributed by atoms with Crippen molar-refractivity contribution in [1.82, 2.24) is 4.90 Å². The summed E-state index contributed by atoms with van der Waals surface area (Å²) < 4.78 is 15.4. The van der Waals surface area contributed by atoms with Gasteiger partial charge in [0.15, 0.2) is 6.61 Å². The monoisotopic (exact) mass is 343 g/mol. The average molecular weight is 343 g/mol. The Morgan fingerprint density at radius 2 is 1.72 bits per heavy atom. The minimum atomic E-state index is -0.624. The van der Waals surface area contributed by atoms with Crippen LogP contribution in [0.15, 0.2) is 48.5 Å². The summed E-state index contributed by atoms with van der Waals surface area (Å²) in [5.41, 5.74) is 1.24. The third-order valence-corrected chi connectivity index (χ3v) is 3.64. The number of carbonyl (C=O) groups is 2. The van der Waals surface area contributed by atoms with Gasteiger partial charge in [-0.05, 0) is 17.7 Å². The van der Waals surface area contributed by atoms with Crippen LogP contribution in [0.3, 0.4) is 0 Å². The van der Waals surface area contributed by atoms with Crippen LogP contribution >= 0.6 is 0 Å². The van der Waals surface area contributed by atoms with Gasteiger partial charge in [0.1, 0.15) is 17.1 Å². The molecule has 0 fully saturated rings. The molecule has 0 radical (unpaired) electrons. The lowest BCUT2D eigenvalue weighted by molar-refractivity contribution is -0.133. The van der Waals surface area contributed by atoms with E-state index in [1.807, 2.05) is 30.3 Å². The molecule has 0 aliphatic heterocycles. The highest BCUT2D eigenvalue weighted by Gasteiger charge is 2.17. The number of esters is 1. The minimum absolute atomic E-state index is 0.238. The summed E-state index contributed by atoms with van der Waals surface area (Å²) >= 11 is 0. The van der Waals surface area contributed by atoms with E-state index in [4.69, 9.17) is 14.2 Å². The lowest BCUT2D eigenvalue weighted by Gasteiger charge is -2.17. The fraction of sp³-hybridized carbons (Fsp3) is 0.263. The van der Waals surface area contributed by atoms with Gasteiger partial charge in [-0.15, -0.1) is 0 Å². The summed E-state index contributed by atoms with van der Waals surface area (Å²) in [6, 6.07) is 14.3. The molecule has 0 saturated carbocycles. The second-order valence-electron chi connectivity index (χ2n) is 5.38. The van der Waals surface area contributed by atoms with Gasteiger partial charge in [-0.1, -0.05) is 30.3 Å². The Hall–Kier alpha value is -3.02. The van der Waals surface area contributed by atoms with Gasteiger partial charge in [0.25, 0.3) is 5.91 Å². The minimum Gasteiger partial charge on any atom is -0.497 e. The summed E-state index contributed by atoms with van der Waals surface area (Å²) in [6.45, 7) is 0.112. The van der Waals surface area contributed by atoms with Gasteiger partial charge in [-0.2, -0.15) is 0 Å². The van der Waals surface area contributed by atoms with Crippen molar-refractivity contribution >= 4 is 11.9 Å². The van der Waals surface area contributed by atoms with Crippen molar-refractivity contribution in [2.75, 3.05) is 27.9 Å². The predicted molar refractivity (Wildman–Crippen MR) is 92.7 cm³/mol. The molecule has 6 nitrogen and oxygen atoms in total. The van der Waals surface area contributed by atoms with Gasteiger partial charge in [0, 0.05) is 19.7 Å². The molecule has 2 rings (SSSR count). The van der Waals surface area contributed by atoms with Crippen LogP contribution in [0.25, 0.3) is 0 Å². The molecule has 0 saturated heterocycles. The van der Waals surface area contributed by atoms with Gasteiger partial charge in [-0.25, -0.2) is 4.79 Å². The van der Waals surface area contributed by atoms with Crippen LogP contribution in [0.4, 0.5) is 0 Å². The maximum Gasteiger partial charge on any atom is 0.342 e. The second-order valence-corrected chi connectivity index (χ2v) is 5.38. The molecule has 25 heavy (non-hydrogen) atoms. The number of likely N-dealkylation sites (N-methyl/N-ethyl adjacent to an activating group) is 1. The number of rotatable bonds is 7. The quantitative estimate of drug-likeness (QED) is 0.723. The third-order valence-electron chi connectivity index (χ3n) is 3.64. The number of amides is 1. The van der Waals surface area contributed by atoms with Gasteiger partial charge in [-0.3, -0.25) is 4.79 Å². The first-order valence-electron chi connectivity index (χ1n) is 7.72. The highest BCUT2D eigenvalue weighted by atomic mass is 16.5. The van der Waals surface area contributed by atoms with Gasteiger partial charge < -0.3 is 19.1 Å². The number of nitrogens with zero attached hydrogens (tertiary/aromatic N) is 1. The zero-order chi connectivity index (χ0) is 18.2.